The van der Waals surface area contributed by atoms with Crippen LogP contribution in [0.15, 0.2) is 53.2 Å². The van der Waals surface area contributed by atoms with Gasteiger partial charge in [-0.3, -0.25) is 9.89 Å². The van der Waals surface area contributed by atoms with E-state index >= 15 is 8.78 Å². The Morgan fingerprint density at radius 3 is 2.83 bits per heavy atom. The Labute approximate surface area is 226 Å². The molecule has 40 heavy (non-hydrogen) atoms. The number of ether oxygens (including phenoxy) is 1. The van der Waals surface area contributed by atoms with Gasteiger partial charge in [0.05, 0.1) is 34.6 Å². The molecule has 3 aromatic heterocycles. The molecule has 9 nitrogen and oxygen atoms in total. The number of hydrogen-bond acceptors (Lipinski definition) is 7. The number of esters is 1. The molecule has 0 aliphatic heterocycles. The Kier molecular flexibility index (Phi) is 6.22. The first kappa shape index (κ1) is 25.5. The molecule has 0 radical (unpaired) electrons. The van der Waals surface area contributed by atoms with Gasteiger partial charge in [-0.1, -0.05) is 18.2 Å². The van der Waals surface area contributed by atoms with Crippen molar-refractivity contribution >= 4 is 55.9 Å². The number of fused-ring (bicyclic) bond motifs is 4. The van der Waals surface area contributed by atoms with Crippen molar-refractivity contribution in [1.29, 1.82) is 0 Å². The van der Waals surface area contributed by atoms with E-state index in [1.54, 1.807) is 18.2 Å². The van der Waals surface area contributed by atoms with E-state index in [0.29, 0.717) is 22.8 Å². The molecule has 0 fully saturated rings. The molecule has 2 aromatic carbocycles. The fourth-order valence-electron chi connectivity index (χ4n) is 5.09. The Morgan fingerprint density at radius 2 is 2.05 bits per heavy atom. The summed E-state index contributed by atoms with van der Waals surface area (Å²) >= 11 is 0. The van der Waals surface area contributed by atoms with Gasteiger partial charge in [0.25, 0.3) is 0 Å². The zero-order chi connectivity index (χ0) is 28.1. The molecule has 0 saturated carbocycles. The number of nitrogens with two attached hydrogens (primary N) is 1. The number of Topliss-reactive ketones (excluding diaryl/α,β-unsaturated/α-hetero) is 1. The standard InChI is InChI=1S/C29H25F2N5O4/c1-35(2)8-10-40-29(38)26-24(17-5-3-4-6-23(17)37)25-22(13-20(31)16-7-9-39-27(16)25)36(26)14-15-11-18-21(12-19(15)30)33-34-28(18)32/h3-5,7,9,11-13H,6,8,10,14H2,1-2H3,(H3,32,33,34). The van der Waals surface area contributed by atoms with Gasteiger partial charge in [-0.25, -0.2) is 13.6 Å². The number of carbonyl (C=O) groups excluding carboxylic acids is 2. The highest BCUT2D eigenvalue weighted by atomic mass is 19.1. The average Bonchev–Trinajstić information content (AvgIpc) is 3.61. The maximum atomic E-state index is 15.4. The van der Waals surface area contributed by atoms with Crippen LogP contribution in [0.25, 0.3) is 38.3 Å². The van der Waals surface area contributed by atoms with Crippen LogP contribution in [0.3, 0.4) is 0 Å². The Hall–Kier alpha value is -4.77. The van der Waals surface area contributed by atoms with Crippen LogP contribution in [0.2, 0.25) is 0 Å². The summed E-state index contributed by atoms with van der Waals surface area (Å²) < 4.78 is 43.5. The Morgan fingerprint density at radius 1 is 1.23 bits per heavy atom. The summed E-state index contributed by atoms with van der Waals surface area (Å²) in [4.78, 5) is 28.8. The predicted molar refractivity (Wildman–Crippen MR) is 147 cm³/mol. The summed E-state index contributed by atoms with van der Waals surface area (Å²) in [5, 5.41) is 7.66. The van der Waals surface area contributed by atoms with Gasteiger partial charge >= 0.3 is 5.97 Å². The van der Waals surface area contributed by atoms with Crippen LogP contribution >= 0.6 is 0 Å². The lowest BCUT2D eigenvalue weighted by atomic mass is 9.93. The van der Waals surface area contributed by atoms with Gasteiger partial charge in [0, 0.05) is 35.1 Å². The van der Waals surface area contributed by atoms with E-state index in [2.05, 4.69) is 10.2 Å². The molecule has 11 heteroatoms. The Bertz CT molecular complexity index is 1890. The quantitative estimate of drug-likeness (QED) is 0.282. The van der Waals surface area contributed by atoms with Gasteiger partial charge in [0.2, 0.25) is 0 Å². The first-order chi connectivity index (χ1) is 19.2. The molecule has 0 unspecified atom stereocenters. The molecule has 0 saturated heterocycles. The number of anilines is 1. The molecular formula is C29H25F2N5O4. The second-order valence-electron chi connectivity index (χ2n) is 9.90. The highest BCUT2D eigenvalue weighted by Gasteiger charge is 2.32. The topological polar surface area (TPSA) is 119 Å². The summed E-state index contributed by atoms with van der Waals surface area (Å²) in [5.41, 5.74) is 7.47. The number of halogens is 2. The first-order valence-corrected chi connectivity index (χ1v) is 12.6. The molecule has 6 rings (SSSR count). The number of ketones is 1. The maximum absolute atomic E-state index is 15.4. The molecule has 1 aliphatic rings. The number of likely N-dealkylation sites (N-methyl/N-ethyl adjacent to an activating group) is 1. The third-order valence-electron chi connectivity index (χ3n) is 7.04. The lowest BCUT2D eigenvalue weighted by Gasteiger charge is -2.15. The number of nitrogen functional groups attached to an aromatic ring is 1. The number of furan rings is 1. The molecule has 3 heterocycles. The van der Waals surface area contributed by atoms with Crippen LogP contribution in [-0.2, 0) is 16.1 Å². The van der Waals surface area contributed by atoms with Gasteiger partial charge in [0.15, 0.2) is 11.6 Å². The minimum Gasteiger partial charge on any atom is -0.463 e. The van der Waals surface area contributed by atoms with E-state index in [4.69, 9.17) is 14.9 Å². The van der Waals surface area contributed by atoms with Crippen molar-refractivity contribution < 1.29 is 27.5 Å². The van der Waals surface area contributed by atoms with E-state index in [-0.39, 0.29) is 70.1 Å². The molecule has 0 spiro atoms. The van der Waals surface area contributed by atoms with Crippen molar-refractivity contribution in [2.75, 3.05) is 33.0 Å². The number of nitrogens with one attached hydrogen (secondary N) is 1. The molecular weight excluding hydrogens is 520 g/mol. The molecule has 204 valence electrons. The zero-order valence-corrected chi connectivity index (χ0v) is 21.8. The van der Waals surface area contributed by atoms with Crippen molar-refractivity contribution in [3.63, 3.8) is 0 Å². The molecule has 5 aromatic rings. The molecule has 3 N–H and O–H groups in total. The van der Waals surface area contributed by atoms with E-state index < -0.39 is 17.6 Å². The third-order valence-corrected chi connectivity index (χ3v) is 7.04. The van der Waals surface area contributed by atoms with E-state index in [1.807, 2.05) is 19.0 Å². The second-order valence-corrected chi connectivity index (χ2v) is 9.90. The zero-order valence-electron chi connectivity index (χ0n) is 21.8. The normalized spacial score (nSPS) is 13.7. The maximum Gasteiger partial charge on any atom is 0.355 e. The highest BCUT2D eigenvalue weighted by Crippen LogP contribution is 2.41. The largest absolute Gasteiger partial charge is 0.463 e. The number of hydrogen-bond donors (Lipinski definition) is 2. The van der Waals surface area contributed by atoms with Gasteiger partial charge in [0.1, 0.15) is 29.5 Å². The van der Waals surface area contributed by atoms with Gasteiger partial charge in [-0.15, -0.1) is 0 Å². The Balaban J connectivity index is 1.65. The van der Waals surface area contributed by atoms with Crippen molar-refractivity contribution in [3.05, 3.63) is 77.2 Å². The smallest absolute Gasteiger partial charge is 0.355 e. The lowest BCUT2D eigenvalue weighted by Crippen LogP contribution is -2.22. The summed E-state index contributed by atoms with van der Waals surface area (Å²) in [6.45, 7) is 0.327. The summed E-state index contributed by atoms with van der Waals surface area (Å²) in [7, 11) is 3.68. The van der Waals surface area contributed by atoms with Crippen molar-refractivity contribution in [2.45, 2.75) is 13.0 Å². The molecule has 0 amide bonds. The molecule has 1 aliphatic carbocycles. The minimum atomic E-state index is -0.735. The number of nitrogens with zero attached hydrogens (tertiary/aromatic N) is 3. The van der Waals surface area contributed by atoms with E-state index in [1.165, 1.54) is 35.1 Å². The SMILES string of the molecule is CN(C)CCOC(=O)c1c(C2=CC=CCC2=O)c2c3occc3c(F)cc2n1Cc1cc2c(N)n[nH]c2cc1F. The number of carbonyl (C=O) groups is 2. The van der Waals surface area contributed by atoms with Crippen molar-refractivity contribution in [1.82, 2.24) is 19.7 Å². The molecule has 0 bridgehead atoms. The van der Waals surface area contributed by atoms with Crippen LogP contribution in [0.4, 0.5) is 14.6 Å². The van der Waals surface area contributed by atoms with Crippen molar-refractivity contribution in [3.8, 4) is 0 Å². The van der Waals surface area contributed by atoms with Gasteiger partial charge in [-0.05, 0) is 38.4 Å². The number of allylic oxidation sites excluding steroid dienone is 4. The van der Waals surface area contributed by atoms with Crippen LogP contribution in [0.5, 0.6) is 0 Å². The van der Waals surface area contributed by atoms with Crippen LogP contribution < -0.4 is 5.73 Å². The van der Waals surface area contributed by atoms with Crippen LogP contribution in [0.1, 0.15) is 28.0 Å². The van der Waals surface area contributed by atoms with E-state index in [0.717, 1.165) is 0 Å². The predicted octanol–water partition coefficient (Wildman–Crippen LogP) is 4.80. The average molecular weight is 546 g/mol. The number of aromatic nitrogens is 3. The number of rotatable bonds is 7. The summed E-state index contributed by atoms with van der Waals surface area (Å²) in [6, 6.07) is 5.54. The first-order valence-electron chi connectivity index (χ1n) is 12.6. The number of benzene rings is 2. The summed E-state index contributed by atoms with van der Waals surface area (Å²) in [6.07, 6.45) is 6.51. The summed E-state index contributed by atoms with van der Waals surface area (Å²) in [5.74, 6) is -1.95. The lowest BCUT2D eigenvalue weighted by molar-refractivity contribution is -0.113. The van der Waals surface area contributed by atoms with Crippen LogP contribution in [-0.4, -0.2) is 58.7 Å². The molecule has 0 atom stereocenters. The monoisotopic (exact) mass is 545 g/mol. The second kappa shape index (κ2) is 9.76. The highest BCUT2D eigenvalue weighted by molar-refractivity contribution is 6.29. The third kappa shape index (κ3) is 4.15. The van der Waals surface area contributed by atoms with Crippen LogP contribution in [0, 0.1) is 11.6 Å². The van der Waals surface area contributed by atoms with Gasteiger partial charge in [-0.2, -0.15) is 5.10 Å². The van der Waals surface area contributed by atoms with Gasteiger partial charge < -0.3 is 24.4 Å². The minimum absolute atomic E-state index is 0.00776. The van der Waals surface area contributed by atoms with Crippen molar-refractivity contribution in [2.24, 2.45) is 0 Å². The fourth-order valence-corrected chi connectivity index (χ4v) is 5.09. The number of aromatic amines is 1. The number of H-pyrrole nitrogens is 1. The fraction of sp³-hybridized carbons (Fsp3) is 0.207. The van der Waals surface area contributed by atoms with E-state index in [9.17, 15) is 9.59 Å².